The largest absolute Gasteiger partial charge is 0.471 e. The molecule has 0 spiro atoms. The molecule has 3 heterocycles. The maximum atomic E-state index is 12.0. The number of carbonyl (C=O) groups excluding carboxylic acids is 2. The lowest BCUT2D eigenvalue weighted by Crippen LogP contribution is -2.60. The molecule has 2 saturated heterocycles. The summed E-state index contributed by atoms with van der Waals surface area (Å²) in [4.78, 5) is 23.2. The molecule has 0 amide bonds. The fraction of sp³-hybridized carbons (Fsp3) is 0.667. The smallest absolute Gasteiger partial charge is 0.338 e. The number of carbonyl (C=O) groups is 2. The van der Waals surface area contributed by atoms with Crippen LogP contribution in [0.25, 0.3) is 0 Å². The number of hydrogen-bond donors (Lipinski definition) is 4. The minimum Gasteiger partial charge on any atom is -0.471 e. The van der Waals surface area contributed by atoms with Gasteiger partial charge in [-0.3, -0.25) is 4.79 Å². The summed E-state index contributed by atoms with van der Waals surface area (Å²) in [5, 5.41) is 39.4. The molecular weight excluding hydrogens is 392 g/mol. The van der Waals surface area contributed by atoms with E-state index in [0.29, 0.717) is 11.1 Å². The molecule has 160 valence electrons. The van der Waals surface area contributed by atoms with Crippen LogP contribution in [0.5, 0.6) is 0 Å². The van der Waals surface area contributed by atoms with Crippen LogP contribution in [0, 0.1) is 11.8 Å². The first-order chi connectivity index (χ1) is 13.8. The van der Waals surface area contributed by atoms with Crippen LogP contribution in [-0.4, -0.2) is 88.7 Å². The van der Waals surface area contributed by atoms with Gasteiger partial charge in [0.15, 0.2) is 6.29 Å². The molecule has 0 bridgehead atoms. The van der Waals surface area contributed by atoms with Gasteiger partial charge in [0, 0.05) is 12.8 Å². The third-order valence-electron chi connectivity index (χ3n) is 5.57. The van der Waals surface area contributed by atoms with Gasteiger partial charge in [0.1, 0.15) is 37.1 Å². The van der Waals surface area contributed by atoms with Crippen molar-refractivity contribution in [2.24, 2.45) is 11.8 Å². The Bertz CT molecular complexity index is 744. The van der Waals surface area contributed by atoms with Crippen LogP contribution in [0.2, 0.25) is 0 Å². The normalized spacial score (nSPS) is 43.1. The van der Waals surface area contributed by atoms with Gasteiger partial charge >= 0.3 is 11.9 Å². The molecule has 0 aromatic heterocycles. The Morgan fingerprint density at radius 3 is 2.59 bits per heavy atom. The van der Waals surface area contributed by atoms with E-state index in [2.05, 4.69) is 0 Å². The van der Waals surface area contributed by atoms with Crippen LogP contribution in [0.3, 0.4) is 0 Å². The number of hydrogen-bond acceptors (Lipinski definition) is 11. The van der Waals surface area contributed by atoms with Crippen molar-refractivity contribution in [1.29, 1.82) is 0 Å². The van der Waals surface area contributed by atoms with Crippen LogP contribution < -0.4 is 0 Å². The number of esters is 2. The first-order valence-electron chi connectivity index (χ1n) is 9.18. The zero-order valence-corrected chi connectivity index (χ0v) is 15.4. The van der Waals surface area contributed by atoms with Crippen molar-refractivity contribution in [2.75, 3.05) is 13.2 Å². The summed E-state index contributed by atoms with van der Waals surface area (Å²) in [6.07, 6.45) is -6.03. The molecule has 4 aliphatic rings. The van der Waals surface area contributed by atoms with Gasteiger partial charge in [0.05, 0.1) is 24.4 Å². The fourth-order valence-electron chi connectivity index (χ4n) is 4.12. The van der Waals surface area contributed by atoms with E-state index in [9.17, 15) is 30.0 Å². The van der Waals surface area contributed by atoms with E-state index in [1.807, 2.05) is 0 Å². The van der Waals surface area contributed by atoms with Crippen molar-refractivity contribution in [3.63, 3.8) is 0 Å². The molecule has 0 radical (unpaired) electrons. The minimum absolute atomic E-state index is 0.0598. The summed E-state index contributed by atoms with van der Waals surface area (Å²) >= 11 is 0. The van der Waals surface area contributed by atoms with Gasteiger partial charge in [-0.1, -0.05) is 0 Å². The first-order valence-corrected chi connectivity index (χ1v) is 9.18. The molecule has 1 aliphatic carbocycles. The monoisotopic (exact) mass is 414 g/mol. The molecule has 29 heavy (non-hydrogen) atoms. The highest BCUT2D eigenvalue weighted by molar-refractivity contribution is 5.92. The third-order valence-corrected chi connectivity index (χ3v) is 5.57. The Hall–Kier alpha value is -2.02. The number of rotatable bonds is 5. The predicted octanol–water partition coefficient (Wildman–Crippen LogP) is -2.30. The molecule has 11 nitrogen and oxygen atoms in total. The van der Waals surface area contributed by atoms with Gasteiger partial charge in [-0.2, -0.15) is 0 Å². The highest BCUT2D eigenvalue weighted by Crippen LogP contribution is 2.49. The molecule has 0 saturated carbocycles. The summed E-state index contributed by atoms with van der Waals surface area (Å²) in [5.74, 6) is -1.99. The number of ether oxygens (including phenoxy) is 5. The Kier molecular flexibility index (Phi) is 5.36. The van der Waals surface area contributed by atoms with E-state index in [1.54, 1.807) is 6.08 Å². The van der Waals surface area contributed by atoms with Crippen LogP contribution in [-0.2, 0) is 33.3 Å². The van der Waals surface area contributed by atoms with Crippen molar-refractivity contribution in [3.05, 3.63) is 23.5 Å². The van der Waals surface area contributed by atoms with Gasteiger partial charge in [0.2, 0.25) is 6.29 Å². The Morgan fingerprint density at radius 2 is 1.90 bits per heavy atom. The highest BCUT2D eigenvalue weighted by Gasteiger charge is 2.56. The van der Waals surface area contributed by atoms with E-state index in [-0.39, 0.29) is 6.61 Å². The average molecular weight is 414 g/mol. The van der Waals surface area contributed by atoms with Crippen molar-refractivity contribution < 1.29 is 53.7 Å². The van der Waals surface area contributed by atoms with Gasteiger partial charge in [-0.25, -0.2) is 4.79 Å². The second-order valence-electron chi connectivity index (χ2n) is 7.35. The van der Waals surface area contributed by atoms with E-state index in [1.165, 1.54) is 13.2 Å². The van der Waals surface area contributed by atoms with Gasteiger partial charge in [0.25, 0.3) is 0 Å². The topological polar surface area (TPSA) is 161 Å². The number of aliphatic hydroxyl groups is 4. The molecule has 4 N–H and O–H groups in total. The lowest BCUT2D eigenvalue weighted by molar-refractivity contribution is -0.339. The Morgan fingerprint density at radius 1 is 1.14 bits per heavy atom. The van der Waals surface area contributed by atoms with Crippen LogP contribution in [0.4, 0.5) is 0 Å². The van der Waals surface area contributed by atoms with Crippen LogP contribution in [0.15, 0.2) is 23.5 Å². The summed E-state index contributed by atoms with van der Waals surface area (Å²) in [6, 6.07) is 0. The molecule has 1 unspecified atom stereocenters. The average Bonchev–Trinajstić information content (AvgIpc) is 3.20. The standard InChI is InChI=1S/C18H22O11/c1-6(20)25-4-7-2-9-12-8(16(24)27-9)5-26-17(11(7)12)29-18-15(23)14(22)13(21)10(3-19)28-18/h2,5,9-15,17-19,21-23H,3-4H2,1H3/t9-,10+,11+,12-,13+,14-,15+,17-,18?/m0/s1. The summed E-state index contributed by atoms with van der Waals surface area (Å²) in [7, 11) is 0. The van der Waals surface area contributed by atoms with Crippen molar-refractivity contribution >= 4 is 11.9 Å². The molecule has 0 aromatic carbocycles. The molecule has 0 aromatic rings. The second-order valence-corrected chi connectivity index (χ2v) is 7.35. The van der Waals surface area contributed by atoms with Crippen molar-refractivity contribution in [2.45, 2.75) is 50.0 Å². The van der Waals surface area contributed by atoms with Crippen molar-refractivity contribution in [3.8, 4) is 0 Å². The lowest BCUT2D eigenvalue weighted by atomic mass is 9.84. The van der Waals surface area contributed by atoms with Crippen LogP contribution >= 0.6 is 0 Å². The van der Waals surface area contributed by atoms with Gasteiger partial charge < -0.3 is 44.1 Å². The van der Waals surface area contributed by atoms with E-state index >= 15 is 0 Å². The fourth-order valence-corrected chi connectivity index (χ4v) is 4.12. The third kappa shape index (κ3) is 3.43. The lowest BCUT2D eigenvalue weighted by Gasteiger charge is -2.42. The Labute approximate surface area is 165 Å². The minimum atomic E-state index is -1.61. The molecule has 11 heteroatoms. The molecule has 4 rings (SSSR count). The zero-order valence-electron chi connectivity index (χ0n) is 15.4. The maximum Gasteiger partial charge on any atom is 0.338 e. The molecular formula is C18H22O11. The number of aliphatic hydroxyl groups excluding tert-OH is 4. The van der Waals surface area contributed by atoms with Crippen molar-refractivity contribution in [1.82, 2.24) is 0 Å². The van der Waals surface area contributed by atoms with Gasteiger partial charge in [-0.15, -0.1) is 0 Å². The zero-order chi connectivity index (χ0) is 20.9. The summed E-state index contributed by atoms with van der Waals surface area (Å²) < 4.78 is 27.0. The second kappa shape index (κ2) is 7.67. The summed E-state index contributed by atoms with van der Waals surface area (Å²) in [5.41, 5.74) is 0.936. The van der Waals surface area contributed by atoms with E-state index in [4.69, 9.17) is 23.7 Å². The highest BCUT2D eigenvalue weighted by atomic mass is 16.8. The van der Waals surface area contributed by atoms with E-state index in [0.717, 1.165) is 0 Å². The molecule has 9 atom stereocenters. The molecule has 3 aliphatic heterocycles. The Balaban J connectivity index is 1.56. The quantitative estimate of drug-likeness (QED) is 0.283. The SMILES string of the molecule is CC(=O)OCC1=C[C@@H]2OC(=O)C3=CO[C@@H](OC4O[C@H](CO)[C@@H](O)[C@H](O)[C@H]4O)[C@H]1[C@@H]32. The van der Waals surface area contributed by atoms with E-state index < -0.39 is 73.5 Å². The maximum absolute atomic E-state index is 12.0. The summed E-state index contributed by atoms with van der Waals surface area (Å²) in [6.45, 7) is 0.602. The first kappa shape index (κ1) is 20.3. The molecule has 2 fully saturated rings. The predicted molar refractivity (Wildman–Crippen MR) is 89.4 cm³/mol. The van der Waals surface area contributed by atoms with Crippen LogP contribution in [0.1, 0.15) is 6.92 Å². The van der Waals surface area contributed by atoms with Gasteiger partial charge in [-0.05, 0) is 11.6 Å².